The molecule has 4 atom stereocenters. The molecule has 11 heavy (non-hydrogen) atoms. The summed E-state index contributed by atoms with van der Waals surface area (Å²) in [6.07, 6.45) is 3.56. The van der Waals surface area contributed by atoms with E-state index in [2.05, 4.69) is 0 Å². The Hall–Kier alpha value is -0.0800. The molecule has 1 N–H and O–H groups in total. The minimum absolute atomic E-state index is 0.0195. The van der Waals surface area contributed by atoms with Gasteiger partial charge in [-0.1, -0.05) is 0 Å². The van der Waals surface area contributed by atoms with Crippen LogP contribution in [-0.2, 0) is 4.74 Å². The number of hydrogen-bond donors (Lipinski definition) is 1. The maximum Gasteiger partial charge on any atom is 0.0574 e. The zero-order valence-corrected chi connectivity index (χ0v) is 6.99. The molecule has 0 radical (unpaired) electrons. The highest BCUT2D eigenvalue weighted by atomic mass is 16.5. The maximum atomic E-state index is 9.56. The fourth-order valence-electron chi connectivity index (χ4n) is 2.86. The average Bonchev–Trinajstić information content (AvgIpc) is 2.46. The summed E-state index contributed by atoms with van der Waals surface area (Å²) in [4.78, 5) is 0. The fraction of sp³-hybridized carbons (Fsp3) is 1.00. The first kappa shape index (κ1) is 7.56. The summed E-state index contributed by atoms with van der Waals surface area (Å²) in [6, 6.07) is 0. The Morgan fingerprint density at radius 1 is 1.36 bits per heavy atom. The number of methoxy groups -OCH3 is 1. The summed E-state index contributed by atoms with van der Waals surface area (Å²) in [5.74, 6) is 2.00. The third-order valence-electron chi connectivity index (χ3n) is 3.30. The van der Waals surface area contributed by atoms with E-state index in [4.69, 9.17) is 4.74 Å². The van der Waals surface area contributed by atoms with Crippen molar-refractivity contribution in [3.8, 4) is 0 Å². The van der Waals surface area contributed by atoms with Crippen LogP contribution in [0.25, 0.3) is 0 Å². The van der Waals surface area contributed by atoms with Crippen molar-refractivity contribution >= 4 is 0 Å². The maximum absolute atomic E-state index is 9.56. The van der Waals surface area contributed by atoms with E-state index in [1.165, 1.54) is 12.8 Å². The molecule has 0 amide bonds. The van der Waals surface area contributed by atoms with E-state index in [1.807, 2.05) is 0 Å². The van der Waals surface area contributed by atoms with Gasteiger partial charge in [-0.3, -0.25) is 0 Å². The zero-order valence-electron chi connectivity index (χ0n) is 6.99. The topological polar surface area (TPSA) is 29.5 Å². The van der Waals surface area contributed by atoms with E-state index < -0.39 is 0 Å². The highest BCUT2D eigenvalue weighted by Gasteiger charge is 2.45. The highest BCUT2D eigenvalue weighted by Crippen LogP contribution is 2.48. The quantitative estimate of drug-likeness (QED) is 0.647. The molecule has 0 aromatic carbocycles. The van der Waals surface area contributed by atoms with Gasteiger partial charge in [-0.05, 0) is 37.0 Å². The van der Waals surface area contributed by atoms with E-state index in [9.17, 15) is 5.11 Å². The summed E-state index contributed by atoms with van der Waals surface area (Å²) in [6.45, 7) is 0.845. The first-order chi connectivity index (χ1) is 5.31. The van der Waals surface area contributed by atoms with Crippen molar-refractivity contribution in [1.82, 2.24) is 0 Å². The summed E-state index contributed by atoms with van der Waals surface area (Å²) < 4.78 is 5.12. The van der Waals surface area contributed by atoms with Gasteiger partial charge in [0, 0.05) is 13.7 Å². The molecule has 2 nitrogen and oxygen atoms in total. The number of aliphatic hydroxyl groups excluding tert-OH is 1. The van der Waals surface area contributed by atoms with Crippen LogP contribution in [-0.4, -0.2) is 24.9 Å². The van der Waals surface area contributed by atoms with Crippen molar-refractivity contribution in [3.05, 3.63) is 0 Å². The van der Waals surface area contributed by atoms with Crippen LogP contribution in [0.3, 0.4) is 0 Å². The van der Waals surface area contributed by atoms with Crippen LogP contribution < -0.4 is 0 Å². The minimum atomic E-state index is -0.0195. The van der Waals surface area contributed by atoms with E-state index in [0.717, 1.165) is 18.9 Å². The molecule has 2 fully saturated rings. The number of ether oxygens (including phenoxy) is 1. The van der Waals surface area contributed by atoms with Gasteiger partial charge in [0.2, 0.25) is 0 Å². The lowest BCUT2D eigenvalue weighted by molar-refractivity contribution is 0.0424. The van der Waals surface area contributed by atoms with E-state index in [0.29, 0.717) is 11.8 Å². The molecule has 64 valence electrons. The molecule has 2 aliphatic rings. The summed E-state index contributed by atoms with van der Waals surface area (Å²) >= 11 is 0. The lowest BCUT2D eigenvalue weighted by Crippen LogP contribution is -2.27. The molecule has 0 spiro atoms. The molecule has 0 unspecified atom stereocenters. The Bertz CT molecular complexity index is 146. The number of aliphatic hydroxyl groups is 1. The van der Waals surface area contributed by atoms with Crippen LogP contribution in [0.15, 0.2) is 0 Å². The zero-order chi connectivity index (χ0) is 7.84. The third kappa shape index (κ3) is 1.18. The Morgan fingerprint density at radius 3 is 2.73 bits per heavy atom. The van der Waals surface area contributed by atoms with Gasteiger partial charge in [-0.15, -0.1) is 0 Å². The van der Waals surface area contributed by atoms with Gasteiger partial charge in [0.25, 0.3) is 0 Å². The Balaban J connectivity index is 1.96. The summed E-state index contributed by atoms with van der Waals surface area (Å²) in [5.41, 5.74) is 0. The fourth-order valence-corrected chi connectivity index (χ4v) is 2.86. The normalized spacial score (nSPS) is 48.5. The molecule has 2 saturated carbocycles. The van der Waals surface area contributed by atoms with Gasteiger partial charge >= 0.3 is 0 Å². The first-order valence-corrected chi connectivity index (χ1v) is 4.48. The van der Waals surface area contributed by atoms with Crippen LogP contribution >= 0.6 is 0 Å². The summed E-state index contributed by atoms with van der Waals surface area (Å²) in [7, 11) is 1.75. The van der Waals surface area contributed by atoms with Crippen molar-refractivity contribution in [2.75, 3.05) is 13.7 Å². The Morgan fingerprint density at radius 2 is 2.18 bits per heavy atom. The second kappa shape index (κ2) is 2.76. The predicted molar refractivity (Wildman–Crippen MR) is 42.2 cm³/mol. The molecule has 0 aliphatic heterocycles. The standard InChI is InChI=1S/C9H16O2/c1-11-5-7-2-6-3-8(7)9(10)4-6/h6-10H,2-5H2,1H3/t6-,7+,8-,9+/m1/s1. The molecular formula is C9H16O2. The van der Waals surface area contributed by atoms with Crippen LogP contribution in [0.5, 0.6) is 0 Å². The minimum Gasteiger partial charge on any atom is -0.393 e. The number of hydrogen-bond acceptors (Lipinski definition) is 2. The highest BCUT2D eigenvalue weighted by molar-refractivity contribution is 4.95. The second-order valence-corrected chi connectivity index (χ2v) is 4.02. The molecular weight excluding hydrogens is 140 g/mol. The molecule has 0 aromatic heterocycles. The molecule has 0 saturated heterocycles. The lowest BCUT2D eigenvalue weighted by atomic mass is 9.87. The van der Waals surface area contributed by atoms with E-state index in [-0.39, 0.29) is 6.10 Å². The van der Waals surface area contributed by atoms with Crippen molar-refractivity contribution in [3.63, 3.8) is 0 Å². The molecule has 0 aromatic rings. The predicted octanol–water partition coefficient (Wildman–Crippen LogP) is 1.04. The van der Waals surface area contributed by atoms with Crippen molar-refractivity contribution in [2.45, 2.75) is 25.4 Å². The third-order valence-corrected chi connectivity index (χ3v) is 3.30. The van der Waals surface area contributed by atoms with E-state index >= 15 is 0 Å². The molecule has 2 heteroatoms. The molecule has 0 heterocycles. The number of fused-ring (bicyclic) bond motifs is 2. The van der Waals surface area contributed by atoms with Crippen LogP contribution in [0, 0.1) is 17.8 Å². The largest absolute Gasteiger partial charge is 0.393 e. The summed E-state index contributed by atoms with van der Waals surface area (Å²) in [5, 5.41) is 9.56. The molecule has 2 aliphatic carbocycles. The lowest BCUT2D eigenvalue weighted by Gasteiger charge is -2.25. The average molecular weight is 156 g/mol. The molecule has 2 bridgehead atoms. The Labute approximate surface area is 67.6 Å². The van der Waals surface area contributed by atoms with Crippen LogP contribution in [0.2, 0.25) is 0 Å². The van der Waals surface area contributed by atoms with Gasteiger partial charge in [-0.2, -0.15) is 0 Å². The monoisotopic (exact) mass is 156 g/mol. The smallest absolute Gasteiger partial charge is 0.0574 e. The van der Waals surface area contributed by atoms with Gasteiger partial charge in [0.15, 0.2) is 0 Å². The first-order valence-electron chi connectivity index (χ1n) is 4.48. The van der Waals surface area contributed by atoms with Crippen molar-refractivity contribution in [1.29, 1.82) is 0 Å². The van der Waals surface area contributed by atoms with Crippen molar-refractivity contribution < 1.29 is 9.84 Å². The van der Waals surface area contributed by atoms with E-state index in [1.54, 1.807) is 7.11 Å². The second-order valence-electron chi connectivity index (χ2n) is 4.02. The van der Waals surface area contributed by atoms with Crippen molar-refractivity contribution in [2.24, 2.45) is 17.8 Å². The SMILES string of the molecule is COC[C@@H]1C[C@@H]2C[C@H]1[C@@H](O)C2. The molecule has 2 rings (SSSR count). The number of rotatable bonds is 2. The van der Waals surface area contributed by atoms with Crippen LogP contribution in [0.1, 0.15) is 19.3 Å². The van der Waals surface area contributed by atoms with Crippen LogP contribution in [0.4, 0.5) is 0 Å². The van der Waals surface area contributed by atoms with Gasteiger partial charge in [0.1, 0.15) is 0 Å². The Kier molecular flexibility index (Phi) is 1.90. The van der Waals surface area contributed by atoms with Gasteiger partial charge in [-0.25, -0.2) is 0 Å². The van der Waals surface area contributed by atoms with Gasteiger partial charge < -0.3 is 9.84 Å². The van der Waals surface area contributed by atoms with Gasteiger partial charge in [0.05, 0.1) is 6.10 Å².